The van der Waals surface area contributed by atoms with E-state index in [4.69, 9.17) is 9.47 Å². The van der Waals surface area contributed by atoms with Gasteiger partial charge in [-0.25, -0.2) is 14.3 Å². The molecule has 0 spiro atoms. The summed E-state index contributed by atoms with van der Waals surface area (Å²) in [5.74, 6) is -1.06. The van der Waals surface area contributed by atoms with Crippen molar-refractivity contribution in [2.75, 3.05) is 13.7 Å². The van der Waals surface area contributed by atoms with Crippen LogP contribution in [0.1, 0.15) is 37.2 Å². The highest BCUT2D eigenvalue weighted by atomic mass is 16.5. The van der Waals surface area contributed by atoms with Gasteiger partial charge in [0, 0.05) is 17.0 Å². The maximum absolute atomic E-state index is 12.2. The average Bonchev–Trinajstić information content (AvgIpc) is 3.10. The number of fused-ring (bicyclic) bond motifs is 1. The second kappa shape index (κ2) is 9.25. The molecule has 28 heavy (non-hydrogen) atoms. The van der Waals surface area contributed by atoms with E-state index in [0.29, 0.717) is 23.5 Å². The number of amides is 1. The van der Waals surface area contributed by atoms with E-state index in [2.05, 4.69) is 20.4 Å². The smallest absolute Gasteiger partial charge is 0.328 e. The zero-order valence-corrected chi connectivity index (χ0v) is 16.7. The highest BCUT2D eigenvalue weighted by molar-refractivity contribution is 5.86. The number of aryl methyl sites for hydroxylation is 2. The average molecular weight is 391 g/mol. The van der Waals surface area contributed by atoms with Gasteiger partial charge in [0.1, 0.15) is 12.4 Å². The quantitative estimate of drug-likeness (QED) is 0.646. The van der Waals surface area contributed by atoms with Gasteiger partial charge in [-0.05, 0) is 26.2 Å². The van der Waals surface area contributed by atoms with E-state index < -0.39 is 30.5 Å². The van der Waals surface area contributed by atoms with Gasteiger partial charge in [0.05, 0.1) is 13.5 Å². The van der Waals surface area contributed by atoms with Crippen LogP contribution in [-0.4, -0.2) is 57.2 Å². The number of nitrogens with one attached hydrogen (secondary N) is 1. The molecule has 1 amide bonds. The van der Waals surface area contributed by atoms with Crippen molar-refractivity contribution in [2.24, 2.45) is 5.92 Å². The minimum atomic E-state index is -0.778. The number of hydrogen-bond acceptors (Lipinski definition) is 8. The van der Waals surface area contributed by atoms with Crippen LogP contribution >= 0.6 is 0 Å². The van der Waals surface area contributed by atoms with Gasteiger partial charge in [0.2, 0.25) is 0 Å². The molecule has 0 saturated heterocycles. The number of esters is 2. The van der Waals surface area contributed by atoms with Crippen molar-refractivity contribution in [1.82, 2.24) is 24.9 Å². The fraction of sp³-hybridized carbons (Fsp3) is 0.556. The van der Waals surface area contributed by atoms with E-state index in [9.17, 15) is 14.4 Å². The van der Waals surface area contributed by atoms with Crippen molar-refractivity contribution in [1.29, 1.82) is 0 Å². The molecule has 152 valence electrons. The minimum absolute atomic E-state index is 0.0554. The first kappa shape index (κ1) is 21.3. The third-order valence-corrected chi connectivity index (χ3v) is 4.20. The molecule has 0 aliphatic heterocycles. The zero-order valence-electron chi connectivity index (χ0n) is 16.7. The lowest BCUT2D eigenvalue weighted by Crippen LogP contribution is -2.44. The van der Waals surface area contributed by atoms with Gasteiger partial charge in [-0.3, -0.25) is 9.59 Å². The summed E-state index contributed by atoms with van der Waals surface area (Å²) in [5, 5.41) is 6.60. The van der Waals surface area contributed by atoms with Gasteiger partial charge in [-0.1, -0.05) is 13.8 Å². The van der Waals surface area contributed by atoms with Crippen molar-refractivity contribution in [2.45, 2.75) is 46.6 Å². The Hall–Kier alpha value is -3.04. The summed E-state index contributed by atoms with van der Waals surface area (Å²) in [7, 11) is 1.26. The fourth-order valence-corrected chi connectivity index (χ4v) is 2.82. The summed E-state index contributed by atoms with van der Waals surface area (Å²) >= 11 is 0. The second-order valence-electron chi connectivity index (χ2n) is 6.84. The number of methoxy groups -OCH3 is 1. The van der Waals surface area contributed by atoms with Crippen LogP contribution in [-0.2, 0) is 30.3 Å². The van der Waals surface area contributed by atoms with Crippen LogP contribution in [0, 0.1) is 19.8 Å². The molecule has 0 unspecified atom stereocenters. The maximum Gasteiger partial charge on any atom is 0.328 e. The number of hydrogen-bond donors (Lipinski definition) is 1. The third-order valence-electron chi connectivity index (χ3n) is 4.20. The molecule has 1 atom stereocenters. The van der Waals surface area contributed by atoms with Crippen molar-refractivity contribution in [3.05, 3.63) is 23.3 Å². The summed E-state index contributed by atoms with van der Waals surface area (Å²) in [6.07, 6.45) is 1.75. The molecule has 2 aromatic heterocycles. The molecule has 2 aromatic rings. The number of carbonyl (C=O) groups excluding carboxylic acids is 3. The number of aromatic nitrogens is 4. The van der Waals surface area contributed by atoms with Crippen LogP contribution in [0.25, 0.3) is 5.78 Å². The Morgan fingerprint density at radius 2 is 1.96 bits per heavy atom. The fourth-order valence-electron chi connectivity index (χ4n) is 2.82. The third kappa shape index (κ3) is 5.24. The molecule has 10 heteroatoms. The number of rotatable bonds is 8. The maximum atomic E-state index is 12.2. The lowest BCUT2D eigenvalue weighted by Gasteiger charge is -2.18. The number of nitrogens with zero attached hydrogens (tertiary/aromatic N) is 4. The van der Waals surface area contributed by atoms with E-state index in [0.717, 1.165) is 5.69 Å². The lowest BCUT2D eigenvalue weighted by molar-refractivity contribution is -0.150. The summed E-state index contributed by atoms with van der Waals surface area (Å²) in [4.78, 5) is 44.3. The Balaban J connectivity index is 1.95. The molecule has 0 bridgehead atoms. The van der Waals surface area contributed by atoms with Gasteiger partial charge in [-0.2, -0.15) is 10.1 Å². The van der Waals surface area contributed by atoms with Crippen LogP contribution in [0.15, 0.2) is 6.33 Å². The first-order valence-electron chi connectivity index (χ1n) is 8.91. The van der Waals surface area contributed by atoms with E-state index in [1.807, 2.05) is 13.8 Å². The molecule has 0 aliphatic rings. The first-order valence-corrected chi connectivity index (χ1v) is 8.91. The molecule has 0 saturated carbocycles. The van der Waals surface area contributed by atoms with E-state index in [-0.39, 0.29) is 12.3 Å². The van der Waals surface area contributed by atoms with Crippen molar-refractivity contribution in [3.8, 4) is 0 Å². The summed E-state index contributed by atoms with van der Waals surface area (Å²) < 4.78 is 11.3. The second-order valence-corrected chi connectivity index (χ2v) is 6.84. The molecule has 10 nitrogen and oxygen atoms in total. The predicted molar refractivity (Wildman–Crippen MR) is 98.3 cm³/mol. The minimum Gasteiger partial charge on any atom is -0.467 e. The Morgan fingerprint density at radius 3 is 2.61 bits per heavy atom. The molecular weight excluding hydrogens is 366 g/mol. The Kier molecular flexibility index (Phi) is 7.02. The molecule has 2 rings (SSSR count). The highest BCUT2D eigenvalue weighted by Gasteiger charge is 2.23. The van der Waals surface area contributed by atoms with Gasteiger partial charge < -0.3 is 14.8 Å². The molecule has 0 radical (unpaired) electrons. The van der Waals surface area contributed by atoms with Crippen molar-refractivity contribution < 1.29 is 23.9 Å². The summed E-state index contributed by atoms with van der Waals surface area (Å²) in [6.45, 7) is 6.93. The van der Waals surface area contributed by atoms with Crippen LogP contribution in [0.2, 0.25) is 0 Å². The number of carbonyl (C=O) groups is 3. The molecule has 1 N–H and O–H groups in total. The van der Waals surface area contributed by atoms with Crippen LogP contribution in [0.4, 0.5) is 0 Å². The van der Waals surface area contributed by atoms with E-state index >= 15 is 0 Å². The summed E-state index contributed by atoms with van der Waals surface area (Å²) in [6, 6.07) is -0.778. The highest BCUT2D eigenvalue weighted by Crippen LogP contribution is 2.14. The molecule has 0 aliphatic carbocycles. The van der Waals surface area contributed by atoms with Gasteiger partial charge in [0.15, 0.2) is 6.61 Å². The monoisotopic (exact) mass is 391 g/mol. The first-order chi connectivity index (χ1) is 13.2. The normalized spacial score (nSPS) is 12.1. The van der Waals surface area contributed by atoms with Crippen molar-refractivity contribution >= 4 is 23.6 Å². The lowest BCUT2D eigenvalue weighted by atomic mass is 10.0. The molecule has 0 fully saturated rings. The van der Waals surface area contributed by atoms with E-state index in [1.165, 1.54) is 18.0 Å². The Morgan fingerprint density at radius 1 is 1.25 bits per heavy atom. The van der Waals surface area contributed by atoms with Crippen LogP contribution in [0.5, 0.6) is 0 Å². The van der Waals surface area contributed by atoms with Gasteiger partial charge in [-0.15, -0.1) is 0 Å². The summed E-state index contributed by atoms with van der Waals surface area (Å²) in [5.41, 5.74) is 2.03. The van der Waals surface area contributed by atoms with E-state index in [1.54, 1.807) is 13.8 Å². The predicted octanol–water partition coefficient (Wildman–Crippen LogP) is 0.531. The number of ether oxygens (including phenoxy) is 2. The van der Waals surface area contributed by atoms with Gasteiger partial charge in [0.25, 0.3) is 11.7 Å². The van der Waals surface area contributed by atoms with Crippen molar-refractivity contribution in [3.63, 3.8) is 0 Å². The largest absolute Gasteiger partial charge is 0.467 e. The SMILES string of the molecule is COC(=O)[C@H](CC(C)C)NC(=O)COC(=O)Cc1c(C)nc2ncnn2c1C. The topological polar surface area (TPSA) is 125 Å². The zero-order chi connectivity index (χ0) is 20.8. The van der Waals surface area contributed by atoms with Crippen LogP contribution < -0.4 is 5.32 Å². The molecular formula is C18H25N5O5. The standard InChI is InChI=1S/C18H25N5O5/c1-10(2)6-14(17(26)27-5)22-15(24)8-28-16(25)7-13-11(3)21-18-19-9-20-23(18)12(13)4/h9-10,14H,6-8H2,1-5H3,(H,22,24)/t14-/m0/s1. The Labute approximate surface area is 162 Å². The molecule has 2 heterocycles. The van der Waals surface area contributed by atoms with Gasteiger partial charge >= 0.3 is 11.9 Å². The molecule has 0 aromatic carbocycles. The Bertz CT molecular complexity index is 877. The van der Waals surface area contributed by atoms with Crippen LogP contribution in [0.3, 0.4) is 0 Å².